The van der Waals surface area contributed by atoms with E-state index in [1.807, 2.05) is 35.8 Å². The van der Waals surface area contributed by atoms with Crippen LogP contribution in [0.3, 0.4) is 0 Å². The van der Waals surface area contributed by atoms with Crippen molar-refractivity contribution in [1.82, 2.24) is 30.2 Å². The molecular formula is C22H27ClN8O3. The maximum absolute atomic E-state index is 9.43. The molecule has 180 valence electrons. The van der Waals surface area contributed by atoms with Gasteiger partial charge in [0, 0.05) is 30.2 Å². The van der Waals surface area contributed by atoms with Gasteiger partial charge in [-0.15, -0.1) is 0 Å². The standard InChI is InChI=1S/C22H27ClN8O3/c1-2-31-20-16(26-8-4-7-25-10-15(33)12-32)11-27-17(13-5-3-6-14(23)9-13)18(20)28-22(31)19-21(24)30-34-29-19/h3,5-6,9,11,15,25-26,32-33H,2,4,7-8,10,12H2,1H3,(H2,24,30). The number of halogens is 1. The number of aryl methyl sites for hydroxylation is 1. The Morgan fingerprint density at radius 3 is 2.79 bits per heavy atom. The Kier molecular flexibility index (Phi) is 7.58. The fraction of sp³-hybridized carbons (Fsp3) is 0.364. The lowest BCUT2D eigenvalue weighted by Gasteiger charge is -2.13. The molecule has 1 unspecified atom stereocenters. The molecule has 6 N–H and O–H groups in total. The Bertz CT molecular complexity index is 1260. The number of nitrogens with two attached hydrogens (primary N) is 1. The van der Waals surface area contributed by atoms with Crippen LogP contribution in [0.2, 0.25) is 5.02 Å². The number of aromatic nitrogens is 5. The monoisotopic (exact) mass is 486 g/mol. The number of rotatable bonds is 11. The van der Waals surface area contributed by atoms with E-state index in [4.69, 9.17) is 37.0 Å². The first-order valence-corrected chi connectivity index (χ1v) is 11.4. The van der Waals surface area contributed by atoms with Crippen molar-refractivity contribution in [2.75, 3.05) is 37.3 Å². The first kappa shape index (κ1) is 23.9. The molecule has 3 heterocycles. The zero-order chi connectivity index (χ0) is 24.1. The number of nitrogen functional groups attached to an aromatic ring is 1. The molecule has 0 aliphatic heterocycles. The number of nitrogens with zero attached hydrogens (tertiary/aromatic N) is 5. The number of imidazole rings is 1. The fourth-order valence-electron chi connectivity index (χ4n) is 3.73. The number of aliphatic hydroxyl groups excluding tert-OH is 2. The molecule has 0 amide bonds. The molecule has 3 aromatic heterocycles. The topological polar surface area (TPSA) is 160 Å². The van der Waals surface area contributed by atoms with Crippen molar-refractivity contribution in [3.05, 3.63) is 35.5 Å². The number of benzene rings is 1. The summed E-state index contributed by atoms with van der Waals surface area (Å²) in [5.74, 6) is 0.697. The highest BCUT2D eigenvalue weighted by molar-refractivity contribution is 6.30. The molecule has 11 nitrogen and oxygen atoms in total. The van der Waals surface area contributed by atoms with Crippen LogP contribution in [-0.4, -0.2) is 67.4 Å². The minimum atomic E-state index is -0.758. The van der Waals surface area contributed by atoms with Crippen LogP contribution in [0.15, 0.2) is 35.1 Å². The maximum Gasteiger partial charge on any atom is 0.199 e. The molecule has 0 saturated carbocycles. The number of pyridine rings is 1. The van der Waals surface area contributed by atoms with Gasteiger partial charge >= 0.3 is 0 Å². The van der Waals surface area contributed by atoms with E-state index in [1.165, 1.54) is 0 Å². The Balaban J connectivity index is 1.70. The van der Waals surface area contributed by atoms with Gasteiger partial charge in [-0.3, -0.25) is 4.98 Å². The third kappa shape index (κ3) is 4.97. The summed E-state index contributed by atoms with van der Waals surface area (Å²) < 4.78 is 6.82. The van der Waals surface area contributed by atoms with Gasteiger partial charge in [0.1, 0.15) is 5.52 Å². The van der Waals surface area contributed by atoms with Crippen LogP contribution in [0.1, 0.15) is 13.3 Å². The summed E-state index contributed by atoms with van der Waals surface area (Å²) in [5.41, 5.74) is 10.2. The first-order valence-electron chi connectivity index (χ1n) is 11.0. The van der Waals surface area contributed by atoms with Gasteiger partial charge < -0.3 is 31.1 Å². The highest BCUT2D eigenvalue weighted by atomic mass is 35.5. The summed E-state index contributed by atoms with van der Waals surface area (Å²) >= 11 is 6.23. The molecule has 12 heteroatoms. The lowest BCUT2D eigenvalue weighted by atomic mass is 10.1. The second-order valence-corrected chi connectivity index (χ2v) is 8.16. The van der Waals surface area contributed by atoms with E-state index in [9.17, 15) is 5.11 Å². The molecule has 1 atom stereocenters. The summed E-state index contributed by atoms with van der Waals surface area (Å²) in [6, 6.07) is 7.46. The largest absolute Gasteiger partial charge is 0.394 e. The van der Waals surface area contributed by atoms with E-state index in [0.717, 1.165) is 23.2 Å². The second kappa shape index (κ2) is 10.8. The lowest BCUT2D eigenvalue weighted by molar-refractivity contribution is 0.0946. The summed E-state index contributed by atoms with van der Waals surface area (Å²) in [6.45, 7) is 4.03. The van der Waals surface area contributed by atoms with Gasteiger partial charge in [-0.1, -0.05) is 23.7 Å². The Morgan fingerprint density at radius 2 is 2.09 bits per heavy atom. The molecule has 0 aliphatic carbocycles. The molecule has 4 aromatic rings. The SMILES string of the molecule is CCn1c(-c2nonc2N)nc2c(-c3cccc(Cl)c3)ncc(NCCCNCC(O)CO)c21. The Labute approximate surface area is 200 Å². The minimum Gasteiger partial charge on any atom is -0.394 e. The van der Waals surface area contributed by atoms with E-state index in [2.05, 4.69) is 20.9 Å². The van der Waals surface area contributed by atoms with Crippen LogP contribution in [0, 0.1) is 0 Å². The van der Waals surface area contributed by atoms with Gasteiger partial charge in [0.2, 0.25) is 0 Å². The summed E-state index contributed by atoms with van der Waals surface area (Å²) in [6.07, 6.45) is 1.82. The van der Waals surface area contributed by atoms with Crippen molar-refractivity contribution in [2.45, 2.75) is 26.0 Å². The number of aliphatic hydroxyl groups is 2. The zero-order valence-electron chi connectivity index (χ0n) is 18.7. The van der Waals surface area contributed by atoms with Gasteiger partial charge in [-0.25, -0.2) is 9.61 Å². The minimum absolute atomic E-state index is 0.160. The molecule has 0 saturated heterocycles. The van der Waals surface area contributed by atoms with Crippen molar-refractivity contribution in [3.63, 3.8) is 0 Å². The molecule has 34 heavy (non-hydrogen) atoms. The average Bonchev–Trinajstić information content (AvgIpc) is 3.44. The van der Waals surface area contributed by atoms with Crippen LogP contribution in [-0.2, 0) is 6.54 Å². The van der Waals surface area contributed by atoms with Crippen molar-refractivity contribution in [1.29, 1.82) is 0 Å². The molecule has 0 spiro atoms. The van der Waals surface area contributed by atoms with Gasteiger partial charge in [0.05, 0.1) is 35.8 Å². The van der Waals surface area contributed by atoms with Crippen molar-refractivity contribution >= 4 is 34.1 Å². The van der Waals surface area contributed by atoms with Gasteiger partial charge in [-0.05, 0) is 42.3 Å². The predicted molar refractivity (Wildman–Crippen MR) is 130 cm³/mol. The van der Waals surface area contributed by atoms with E-state index < -0.39 is 6.10 Å². The van der Waals surface area contributed by atoms with Gasteiger partial charge in [0.15, 0.2) is 17.3 Å². The third-order valence-electron chi connectivity index (χ3n) is 5.35. The normalized spacial score (nSPS) is 12.4. The zero-order valence-corrected chi connectivity index (χ0v) is 19.5. The first-order chi connectivity index (χ1) is 16.5. The molecule has 0 bridgehead atoms. The Hall–Kier alpha value is -3.25. The van der Waals surface area contributed by atoms with Crippen LogP contribution < -0.4 is 16.4 Å². The van der Waals surface area contributed by atoms with Crippen LogP contribution in [0.5, 0.6) is 0 Å². The van der Waals surface area contributed by atoms with Crippen LogP contribution in [0.4, 0.5) is 11.5 Å². The summed E-state index contributed by atoms with van der Waals surface area (Å²) in [4.78, 5) is 9.55. The van der Waals surface area contributed by atoms with Gasteiger partial charge in [-0.2, -0.15) is 0 Å². The number of fused-ring (bicyclic) bond motifs is 1. The van der Waals surface area contributed by atoms with E-state index >= 15 is 0 Å². The second-order valence-electron chi connectivity index (χ2n) is 7.73. The Morgan fingerprint density at radius 1 is 1.24 bits per heavy atom. The molecule has 0 aliphatic rings. The predicted octanol–water partition coefficient (Wildman–Crippen LogP) is 2.15. The van der Waals surface area contributed by atoms with Crippen LogP contribution in [0.25, 0.3) is 33.8 Å². The average molecular weight is 487 g/mol. The highest BCUT2D eigenvalue weighted by Gasteiger charge is 2.23. The van der Waals surface area contributed by atoms with Crippen molar-refractivity contribution in [3.8, 4) is 22.8 Å². The molecule has 4 rings (SSSR count). The molecule has 0 fully saturated rings. The third-order valence-corrected chi connectivity index (χ3v) is 5.58. The van der Waals surface area contributed by atoms with E-state index in [-0.39, 0.29) is 12.4 Å². The number of hydrogen-bond acceptors (Lipinski definition) is 10. The number of anilines is 2. The quantitative estimate of drug-likeness (QED) is 0.199. The fourth-order valence-corrected chi connectivity index (χ4v) is 3.92. The maximum atomic E-state index is 9.43. The van der Waals surface area contributed by atoms with E-state index in [1.54, 1.807) is 6.20 Å². The van der Waals surface area contributed by atoms with Gasteiger partial charge in [0.25, 0.3) is 0 Å². The number of nitrogens with one attached hydrogen (secondary N) is 2. The molecule has 0 radical (unpaired) electrons. The smallest absolute Gasteiger partial charge is 0.199 e. The molecule has 1 aromatic carbocycles. The summed E-state index contributed by atoms with van der Waals surface area (Å²) in [7, 11) is 0. The number of hydrogen-bond donors (Lipinski definition) is 5. The molecular weight excluding hydrogens is 460 g/mol. The van der Waals surface area contributed by atoms with Crippen molar-refractivity contribution < 1.29 is 14.8 Å². The van der Waals surface area contributed by atoms with Crippen LogP contribution >= 0.6 is 11.6 Å². The highest BCUT2D eigenvalue weighted by Crippen LogP contribution is 2.36. The lowest BCUT2D eigenvalue weighted by Crippen LogP contribution is -2.30. The summed E-state index contributed by atoms with van der Waals surface area (Å²) in [5, 5.41) is 33.1. The van der Waals surface area contributed by atoms with Crippen molar-refractivity contribution in [2.24, 2.45) is 0 Å². The van der Waals surface area contributed by atoms with E-state index in [0.29, 0.717) is 53.9 Å².